The lowest BCUT2D eigenvalue weighted by atomic mass is 9.91. The maximum atomic E-state index is 14.0. The molecule has 1 atom stereocenters. The lowest BCUT2D eigenvalue weighted by Crippen LogP contribution is -2.33. The predicted octanol–water partition coefficient (Wildman–Crippen LogP) is 5.36. The van der Waals surface area contributed by atoms with Gasteiger partial charge in [-0.15, -0.1) is 10.2 Å². The maximum absolute atomic E-state index is 14.0. The van der Waals surface area contributed by atoms with E-state index in [9.17, 15) is 4.39 Å². The summed E-state index contributed by atoms with van der Waals surface area (Å²) in [6.45, 7) is 6.98. The number of rotatable bonds is 9. The highest BCUT2D eigenvalue weighted by Crippen LogP contribution is 2.36. The fourth-order valence-electron chi connectivity index (χ4n) is 4.06. The Morgan fingerprint density at radius 3 is 2.64 bits per heavy atom. The first-order valence-electron chi connectivity index (χ1n) is 10.9. The molecular formula is C25H28ClFN6. The summed E-state index contributed by atoms with van der Waals surface area (Å²) in [5, 5.41) is 21.1. The van der Waals surface area contributed by atoms with Gasteiger partial charge in [0.25, 0.3) is 0 Å². The monoisotopic (exact) mass is 466 g/mol. The normalized spacial score (nSPS) is 15.2. The van der Waals surface area contributed by atoms with E-state index >= 15 is 0 Å². The minimum atomic E-state index is -0.875. The Labute approximate surface area is 198 Å². The molecule has 0 saturated heterocycles. The smallest absolute Gasteiger partial charge is 0.163 e. The molecule has 1 aliphatic carbocycles. The molecule has 0 aliphatic heterocycles. The van der Waals surface area contributed by atoms with Crippen LogP contribution in [0, 0.1) is 19.3 Å². The first kappa shape index (κ1) is 23.0. The first-order valence-corrected chi connectivity index (χ1v) is 11.3. The number of allylic oxidation sites excluding steroid dienone is 1. The van der Waals surface area contributed by atoms with Gasteiger partial charge in [0.05, 0.1) is 17.4 Å². The third-order valence-electron chi connectivity index (χ3n) is 5.99. The van der Waals surface area contributed by atoms with Crippen LogP contribution in [0.25, 0.3) is 5.65 Å². The van der Waals surface area contributed by atoms with Crippen molar-refractivity contribution in [2.75, 3.05) is 18.6 Å². The third kappa shape index (κ3) is 4.64. The van der Waals surface area contributed by atoms with Crippen molar-refractivity contribution in [3.8, 4) is 0 Å². The quantitative estimate of drug-likeness (QED) is 0.329. The molecule has 6 nitrogen and oxygen atoms in total. The highest BCUT2D eigenvalue weighted by Gasteiger charge is 2.30. The molecule has 2 heterocycles. The fraction of sp³-hybridized carbons (Fsp3) is 0.320. The molecule has 3 aromatic rings. The SMILES string of the molecule is C=C/C(NC1CC1)=C(/C(=N)CF)C(c1ccc(Cl)cc1)N(C)c1cc(C)c2nnc(C)n2c1. The minimum absolute atomic E-state index is 0.0804. The van der Waals surface area contributed by atoms with Crippen LogP contribution in [-0.4, -0.2) is 40.1 Å². The summed E-state index contributed by atoms with van der Waals surface area (Å²) >= 11 is 6.17. The van der Waals surface area contributed by atoms with Gasteiger partial charge in [-0.1, -0.05) is 30.3 Å². The topological polar surface area (TPSA) is 69.3 Å². The summed E-state index contributed by atoms with van der Waals surface area (Å²) in [4.78, 5) is 2.05. The van der Waals surface area contributed by atoms with Crippen molar-refractivity contribution in [2.24, 2.45) is 0 Å². The summed E-state index contributed by atoms with van der Waals surface area (Å²) in [6.07, 6.45) is 5.77. The van der Waals surface area contributed by atoms with E-state index in [4.69, 9.17) is 17.0 Å². The number of fused-ring (bicyclic) bond motifs is 1. The van der Waals surface area contributed by atoms with Gasteiger partial charge < -0.3 is 15.6 Å². The number of nitrogens with one attached hydrogen (secondary N) is 2. The van der Waals surface area contributed by atoms with E-state index in [0.29, 0.717) is 22.3 Å². The number of aromatic nitrogens is 3. The molecule has 1 fully saturated rings. The van der Waals surface area contributed by atoms with E-state index in [1.54, 1.807) is 6.08 Å². The second-order valence-electron chi connectivity index (χ2n) is 8.45. The summed E-state index contributed by atoms with van der Waals surface area (Å²) in [5.74, 6) is 0.779. The van der Waals surface area contributed by atoms with E-state index in [2.05, 4.69) is 22.1 Å². The van der Waals surface area contributed by atoms with Crippen molar-refractivity contribution in [1.29, 1.82) is 5.41 Å². The van der Waals surface area contributed by atoms with Crippen LogP contribution in [0.5, 0.6) is 0 Å². The molecule has 2 aromatic heterocycles. The number of likely N-dealkylation sites (N-methyl/N-ethyl adjacent to an activating group) is 1. The summed E-state index contributed by atoms with van der Waals surface area (Å²) in [5.41, 5.74) is 4.71. The molecule has 1 aromatic carbocycles. The van der Waals surface area contributed by atoms with E-state index in [1.165, 1.54) is 0 Å². The molecule has 0 amide bonds. The lowest BCUT2D eigenvalue weighted by Gasteiger charge is -2.34. The Morgan fingerprint density at radius 2 is 2.03 bits per heavy atom. The van der Waals surface area contributed by atoms with Gasteiger partial charge in [-0.2, -0.15) is 0 Å². The number of hydrogen-bond donors (Lipinski definition) is 2. The van der Waals surface area contributed by atoms with Gasteiger partial charge in [0.15, 0.2) is 5.65 Å². The first-order chi connectivity index (χ1) is 15.8. The Bertz CT molecular complexity index is 1230. The maximum Gasteiger partial charge on any atom is 0.163 e. The molecule has 0 bridgehead atoms. The van der Waals surface area contributed by atoms with E-state index in [-0.39, 0.29) is 5.71 Å². The van der Waals surface area contributed by atoms with Crippen molar-refractivity contribution in [1.82, 2.24) is 19.9 Å². The van der Waals surface area contributed by atoms with E-state index in [0.717, 1.165) is 41.1 Å². The van der Waals surface area contributed by atoms with Gasteiger partial charge in [-0.3, -0.25) is 4.40 Å². The molecule has 1 unspecified atom stereocenters. The average molecular weight is 467 g/mol. The Hall–Kier alpha value is -3.19. The zero-order chi connectivity index (χ0) is 23.7. The zero-order valence-electron chi connectivity index (χ0n) is 19.1. The van der Waals surface area contributed by atoms with E-state index in [1.807, 2.05) is 66.7 Å². The average Bonchev–Trinajstić information content (AvgIpc) is 3.56. The highest BCUT2D eigenvalue weighted by atomic mass is 35.5. The number of nitrogens with zero attached hydrogens (tertiary/aromatic N) is 4. The van der Waals surface area contributed by atoms with E-state index < -0.39 is 12.7 Å². The largest absolute Gasteiger partial charge is 0.382 e. The second kappa shape index (κ2) is 9.35. The summed E-state index contributed by atoms with van der Waals surface area (Å²) < 4.78 is 15.9. The molecular weight excluding hydrogens is 439 g/mol. The van der Waals surface area contributed by atoms with Crippen LogP contribution in [0.4, 0.5) is 10.1 Å². The summed E-state index contributed by atoms with van der Waals surface area (Å²) in [7, 11) is 1.95. The fourth-order valence-corrected chi connectivity index (χ4v) is 4.19. The number of alkyl halides is 1. The third-order valence-corrected chi connectivity index (χ3v) is 6.24. The minimum Gasteiger partial charge on any atom is -0.382 e. The number of hydrogen-bond acceptors (Lipinski definition) is 5. The number of pyridine rings is 1. The molecule has 0 spiro atoms. The van der Waals surface area contributed by atoms with Crippen LogP contribution in [-0.2, 0) is 0 Å². The van der Waals surface area contributed by atoms with Gasteiger partial charge in [-0.05, 0) is 62.1 Å². The number of benzene rings is 1. The van der Waals surface area contributed by atoms with Crippen LogP contribution in [0.15, 0.2) is 60.5 Å². The molecule has 172 valence electrons. The Balaban J connectivity index is 1.91. The molecule has 1 aliphatic rings. The zero-order valence-corrected chi connectivity index (χ0v) is 19.8. The molecule has 0 radical (unpaired) electrons. The van der Waals surface area contributed by atoms with Crippen LogP contribution < -0.4 is 10.2 Å². The van der Waals surface area contributed by atoms with Gasteiger partial charge in [-0.25, -0.2) is 4.39 Å². The highest BCUT2D eigenvalue weighted by molar-refractivity contribution is 6.30. The summed E-state index contributed by atoms with van der Waals surface area (Å²) in [6, 6.07) is 9.38. The second-order valence-corrected chi connectivity index (χ2v) is 8.89. The molecule has 2 N–H and O–H groups in total. The van der Waals surface area contributed by atoms with Crippen LogP contribution in [0.2, 0.25) is 5.02 Å². The molecule has 33 heavy (non-hydrogen) atoms. The number of aryl methyl sites for hydroxylation is 2. The van der Waals surface area contributed by atoms with Gasteiger partial charge in [0, 0.05) is 35.6 Å². The Morgan fingerprint density at radius 1 is 1.33 bits per heavy atom. The standard InChI is InChI=1S/C25H28ClFN6/c1-5-22(29-19-10-11-19)23(21(28)13-27)24(17-6-8-18(26)9-7-17)32(4)20-12-15(2)25-31-30-16(3)33(25)14-20/h5-9,12,14,19,24,28-29H,1,10-11,13H2,2-4H3/b23-22+,28-21?. The van der Waals surface area contributed by atoms with Crippen LogP contribution >= 0.6 is 11.6 Å². The predicted molar refractivity (Wildman–Crippen MR) is 132 cm³/mol. The molecule has 4 rings (SSSR count). The lowest BCUT2D eigenvalue weighted by molar-refractivity contribution is 0.576. The molecule has 1 saturated carbocycles. The number of halogens is 2. The van der Waals surface area contributed by atoms with Gasteiger partial charge in [0.2, 0.25) is 0 Å². The van der Waals surface area contributed by atoms with Crippen molar-refractivity contribution < 1.29 is 4.39 Å². The van der Waals surface area contributed by atoms with Crippen LogP contribution in [0.3, 0.4) is 0 Å². The van der Waals surface area contributed by atoms with Crippen molar-refractivity contribution in [2.45, 2.75) is 38.8 Å². The number of anilines is 1. The molecule has 8 heteroatoms. The van der Waals surface area contributed by atoms with Crippen molar-refractivity contribution in [3.05, 3.63) is 82.4 Å². The Kier molecular flexibility index (Phi) is 6.51. The van der Waals surface area contributed by atoms with Crippen molar-refractivity contribution in [3.63, 3.8) is 0 Å². The van der Waals surface area contributed by atoms with Gasteiger partial charge >= 0.3 is 0 Å². The van der Waals surface area contributed by atoms with Crippen molar-refractivity contribution >= 4 is 28.6 Å². The van der Waals surface area contributed by atoms with Gasteiger partial charge in [0.1, 0.15) is 12.5 Å². The van der Waals surface area contributed by atoms with Crippen LogP contribution in [0.1, 0.15) is 35.8 Å².